The van der Waals surface area contributed by atoms with Gasteiger partial charge < -0.3 is 9.47 Å². The standard InChI is InChI=1S/C28H28N4O4S/c33-24-10-4-9-23-21-12-20(16-31(23)24)14-30(17-21)18-28(13-22-8-5-11-37-22)25(34)29-27(36)32(26(28)35)15-19-6-2-1-3-7-19/h1-11,20-21H,12-18H2,(H,29,34,36)/t20-,21+,28-/m0/s1. The molecular formula is C28H28N4O4S. The van der Waals surface area contributed by atoms with Crippen molar-refractivity contribution in [2.45, 2.75) is 31.8 Å². The smallest absolute Gasteiger partial charge is 0.312 e. The Bertz CT molecular complexity index is 1400. The van der Waals surface area contributed by atoms with E-state index in [0.29, 0.717) is 19.6 Å². The number of urea groups is 1. The fourth-order valence-corrected chi connectivity index (χ4v) is 7.03. The van der Waals surface area contributed by atoms with E-state index in [0.717, 1.165) is 22.6 Å². The highest BCUT2D eigenvalue weighted by Crippen LogP contribution is 2.39. The second-order valence-corrected chi connectivity index (χ2v) is 11.4. The molecule has 0 unspecified atom stereocenters. The zero-order chi connectivity index (χ0) is 25.6. The van der Waals surface area contributed by atoms with E-state index in [1.807, 2.05) is 58.5 Å². The van der Waals surface area contributed by atoms with Crippen LogP contribution in [0.15, 0.2) is 70.8 Å². The first-order valence-corrected chi connectivity index (χ1v) is 13.5. The number of piperidine rings is 1. The Morgan fingerprint density at radius 3 is 2.54 bits per heavy atom. The molecular weight excluding hydrogens is 488 g/mol. The summed E-state index contributed by atoms with van der Waals surface area (Å²) < 4.78 is 1.87. The highest BCUT2D eigenvalue weighted by molar-refractivity contribution is 7.09. The van der Waals surface area contributed by atoms with Gasteiger partial charge in [0.25, 0.3) is 5.56 Å². The predicted molar refractivity (Wildman–Crippen MR) is 139 cm³/mol. The van der Waals surface area contributed by atoms with Crippen LogP contribution in [0, 0.1) is 11.3 Å². The quantitative estimate of drug-likeness (QED) is 0.509. The summed E-state index contributed by atoms with van der Waals surface area (Å²) in [6.07, 6.45) is 1.21. The first-order valence-electron chi connectivity index (χ1n) is 12.6. The van der Waals surface area contributed by atoms with Crippen LogP contribution in [0.5, 0.6) is 0 Å². The molecule has 0 aliphatic carbocycles. The lowest BCUT2D eigenvalue weighted by atomic mass is 9.77. The van der Waals surface area contributed by atoms with Crippen molar-refractivity contribution < 1.29 is 14.4 Å². The molecule has 3 aliphatic heterocycles. The number of fused-ring (bicyclic) bond motifs is 4. The number of barbiturate groups is 1. The molecule has 9 heteroatoms. The number of likely N-dealkylation sites (tertiary alicyclic amines) is 1. The summed E-state index contributed by atoms with van der Waals surface area (Å²) in [6, 6.07) is 17.9. The van der Waals surface area contributed by atoms with Crippen LogP contribution in [-0.4, -0.2) is 51.8 Å². The van der Waals surface area contributed by atoms with Crippen LogP contribution in [0.25, 0.3) is 0 Å². The molecule has 6 rings (SSSR count). The van der Waals surface area contributed by atoms with Gasteiger partial charge >= 0.3 is 6.03 Å². The summed E-state index contributed by atoms with van der Waals surface area (Å²) in [6.45, 7) is 2.30. The van der Waals surface area contributed by atoms with Gasteiger partial charge in [0, 0.05) is 55.2 Å². The fraction of sp³-hybridized carbons (Fsp3) is 0.357. The van der Waals surface area contributed by atoms with Crippen LogP contribution in [0.4, 0.5) is 4.79 Å². The lowest BCUT2D eigenvalue weighted by Gasteiger charge is -2.47. The number of hydrogen-bond acceptors (Lipinski definition) is 6. The van der Waals surface area contributed by atoms with Gasteiger partial charge in [-0.05, 0) is 35.4 Å². The number of carbonyl (C=O) groups excluding carboxylic acids is 3. The Morgan fingerprint density at radius 2 is 1.76 bits per heavy atom. The molecule has 2 fully saturated rings. The number of benzene rings is 1. The molecule has 3 aliphatic rings. The number of rotatable bonds is 6. The second-order valence-electron chi connectivity index (χ2n) is 10.4. The molecule has 37 heavy (non-hydrogen) atoms. The molecule has 8 nitrogen and oxygen atoms in total. The van der Waals surface area contributed by atoms with Crippen molar-refractivity contribution >= 4 is 29.2 Å². The number of aromatic nitrogens is 1. The van der Waals surface area contributed by atoms with Gasteiger partial charge in [0.05, 0.1) is 6.54 Å². The molecule has 2 bridgehead atoms. The molecule has 2 aromatic heterocycles. The van der Waals surface area contributed by atoms with E-state index < -0.39 is 23.3 Å². The molecule has 0 radical (unpaired) electrons. The molecule has 0 spiro atoms. The number of nitrogens with zero attached hydrogens (tertiary/aromatic N) is 3. The Morgan fingerprint density at radius 1 is 0.919 bits per heavy atom. The lowest BCUT2D eigenvalue weighted by molar-refractivity contribution is -0.154. The van der Waals surface area contributed by atoms with E-state index in [9.17, 15) is 19.2 Å². The van der Waals surface area contributed by atoms with Crippen molar-refractivity contribution in [3.8, 4) is 0 Å². The number of thiophene rings is 1. The normalized spacial score (nSPS) is 25.6. The third-order valence-electron chi connectivity index (χ3n) is 7.84. The summed E-state index contributed by atoms with van der Waals surface area (Å²) in [4.78, 5) is 57.3. The van der Waals surface area contributed by atoms with Crippen molar-refractivity contribution in [2.24, 2.45) is 11.3 Å². The number of carbonyl (C=O) groups is 3. The van der Waals surface area contributed by atoms with E-state index in [4.69, 9.17) is 0 Å². The maximum Gasteiger partial charge on any atom is 0.331 e. The van der Waals surface area contributed by atoms with Crippen LogP contribution in [0.1, 0.15) is 28.5 Å². The van der Waals surface area contributed by atoms with Crippen LogP contribution in [-0.2, 0) is 29.1 Å². The molecule has 1 aromatic carbocycles. The van der Waals surface area contributed by atoms with E-state index in [2.05, 4.69) is 10.2 Å². The summed E-state index contributed by atoms with van der Waals surface area (Å²) in [5.74, 6) is -0.573. The number of nitrogens with one attached hydrogen (secondary N) is 1. The van der Waals surface area contributed by atoms with Crippen LogP contribution in [0.3, 0.4) is 0 Å². The first-order chi connectivity index (χ1) is 17.9. The average Bonchev–Trinajstić information content (AvgIpc) is 3.40. The maximum absolute atomic E-state index is 14.1. The predicted octanol–water partition coefficient (Wildman–Crippen LogP) is 2.84. The first kappa shape index (κ1) is 23.8. The maximum atomic E-state index is 14.1. The number of imide groups is 2. The minimum absolute atomic E-state index is 0.0201. The summed E-state index contributed by atoms with van der Waals surface area (Å²) in [7, 11) is 0. The molecule has 0 saturated carbocycles. The molecule has 1 N–H and O–H groups in total. The lowest BCUT2D eigenvalue weighted by Crippen LogP contribution is -2.67. The Labute approximate surface area is 218 Å². The molecule has 2 saturated heterocycles. The minimum atomic E-state index is -1.42. The van der Waals surface area contributed by atoms with Gasteiger partial charge in [-0.25, -0.2) is 4.79 Å². The van der Waals surface area contributed by atoms with Gasteiger partial charge in [0.15, 0.2) is 0 Å². The van der Waals surface area contributed by atoms with Crippen LogP contribution < -0.4 is 10.9 Å². The molecule has 3 atom stereocenters. The Balaban J connectivity index is 1.33. The van der Waals surface area contributed by atoms with E-state index in [-0.39, 0.29) is 36.9 Å². The van der Waals surface area contributed by atoms with Gasteiger partial charge in [0.2, 0.25) is 11.8 Å². The van der Waals surface area contributed by atoms with Crippen LogP contribution >= 0.6 is 11.3 Å². The summed E-state index contributed by atoms with van der Waals surface area (Å²) in [5, 5.41) is 4.44. The molecule has 4 amide bonds. The van der Waals surface area contributed by atoms with Gasteiger partial charge in [0.1, 0.15) is 5.41 Å². The van der Waals surface area contributed by atoms with Gasteiger partial charge in [-0.1, -0.05) is 42.5 Å². The van der Waals surface area contributed by atoms with Crippen molar-refractivity contribution in [3.63, 3.8) is 0 Å². The monoisotopic (exact) mass is 516 g/mol. The van der Waals surface area contributed by atoms with Gasteiger partial charge in [-0.2, -0.15) is 0 Å². The van der Waals surface area contributed by atoms with Crippen molar-refractivity contribution in [2.75, 3.05) is 19.6 Å². The minimum Gasteiger partial charge on any atom is -0.312 e. The van der Waals surface area contributed by atoms with Crippen molar-refractivity contribution in [3.05, 3.63) is 92.5 Å². The third-order valence-corrected chi connectivity index (χ3v) is 8.72. The highest BCUT2D eigenvalue weighted by atomic mass is 32.1. The number of hydrogen-bond donors (Lipinski definition) is 1. The van der Waals surface area contributed by atoms with E-state index in [1.165, 1.54) is 16.2 Å². The average molecular weight is 517 g/mol. The molecule has 190 valence electrons. The Kier molecular flexibility index (Phi) is 6.04. The molecule has 3 aromatic rings. The number of pyridine rings is 1. The SMILES string of the molecule is O=C1NC(=O)[C@](Cc2cccs2)(CN2C[C@@H]3C[C@H](C2)c2cccc(=O)n2C3)C(=O)N1Cc1ccccc1. The number of amides is 4. The second kappa shape index (κ2) is 9.39. The summed E-state index contributed by atoms with van der Waals surface area (Å²) >= 11 is 1.50. The largest absolute Gasteiger partial charge is 0.331 e. The topological polar surface area (TPSA) is 91.7 Å². The highest BCUT2D eigenvalue weighted by Gasteiger charge is 2.55. The van der Waals surface area contributed by atoms with E-state index in [1.54, 1.807) is 12.1 Å². The summed E-state index contributed by atoms with van der Waals surface area (Å²) in [5.41, 5.74) is 0.433. The van der Waals surface area contributed by atoms with Crippen molar-refractivity contribution in [1.82, 2.24) is 19.7 Å². The van der Waals surface area contributed by atoms with Gasteiger partial charge in [-0.3, -0.25) is 24.6 Å². The van der Waals surface area contributed by atoms with E-state index >= 15 is 0 Å². The Hall–Kier alpha value is -3.56. The fourth-order valence-electron chi connectivity index (χ4n) is 6.21. The molecule has 5 heterocycles. The van der Waals surface area contributed by atoms with Crippen molar-refractivity contribution in [1.29, 1.82) is 0 Å². The van der Waals surface area contributed by atoms with Gasteiger partial charge in [-0.15, -0.1) is 11.3 Å². The zero-order valence-corrected chi connectivity index (χ0v) is 21.2. The zero-order valence-electron chi connectivity index (χ0n) is 20.3. The van der Waals surface area contributed by atoms with Crippen LogP contribution in [0.2, 0.25) is 0 Å². The third kappa shape index (κ3) is 4.32.